The summed E-state index contributed by atoms with van der Waals surface area (Å²) in [4.78, 5) is 27.2. The minimum atomic E-state index is -0.145. The number of amides is 2. The fraction of sp³-hybridized carbons (Fsp3) is 0.364. The molecule has 110 valence electrons. The average molecular weight is 341 g/mol. The Balaban J connectivity index is 1.45. The van der Waals surface area contributed by atoms with E-state index in [1.54, 1.807) is 11.6 Å². The SMILES string of the molecule is O=C(CSc1nnc(NC(=O)C2CC2)s1)Nc1nccs1. The lowest BCUT2D eigenvalue weighted by molar-refractivity contribution is -0.117. The van der Waals surface area contributed by atoms with Crippen LogP contribution in [0.1, 0.15) is 12.8 Å². The van der Waals surface area contributed by atoms with E-state index in [1.807, 2.05) is 0 Å². The summed E-state index contributed by atoms with van der Waals surface area (Å²) in [5, 5.41) is 16.1. The quantitative estimate of drug-likeness (QED) is 0.617. The maximum atomic E-state index is 11.7. The Bertz CT molecular complexity index is 638. The topological polar surface area (TPSA) is 96.9 Å². The number of nitrogens with zero attached hydrogens (tertiary/aromatic N) is 3. The molecule has 1 aliphatic rings. The molecule has 3 rings (SSSR count). The van der Waals surface area contributed by atoms with Gasteiger partial charge in [0.25, 0.3) is 0 Å². The molecule has 2 aromatic heterocycles. The minimum Gasteiger partial charge on any atom is -0.301 e. The van der Waals surface area contributed by atoms with Gasteiger partial charge in [-0.3, -0.25) is 9.59 Å². The zero-order chi connectivity index (χ0) is 14.7. The number of rotatable bonds is 6. The molecule has 0 aliphatic heterocycles. The molecule has 2 aromatic rings. The van der Waals surface area contributed by atoms with Crippen LogP contribution in [-0.4, -0.2) is 32.7 Å². The third-order valence-electron chi connectivity index (χ3n) is 2.59. The molecule has 0 spiro atoms. The molecule has 0 atom stereocenters. The second-order valence-electron chi connectivity index (χ2n) is 4.31. The molecule has 7 nitrogen and oxygen atoms in total. The Morgan fingerprint density at radius 2 is 2.14 bits per heavy atom. The summed E-state index contributed by atoms with van der Waals surface area (Å²) in [6.45, 7) is 0. The highest BCUT2D eigenvalue weighted by Gasteiger charge is 2.30. The molecule has 0 bridgehead atoms. The van der Waals surface area contributed by atoms with E-state index in [0.717, 1.165) is 12.8 Å². The largest absolute Gasteiger partial charge is 0.301 e. The van der Waals surface area contributed by atoms with Crippen molar-refractivity contribution in [2.24, 2.45) is 5.92 Å². The fourth-order valence-electron chi connectivity index (χ4n) is 1.44. The van der Waals surface area contributed by atoms with Crippen molar-refractivity contribution in [1.29, 1.82) is 0 Å². The average Bonchev–Trinajstić information content (AvgIpc) is 3.03. The second kappa shape index (κ2) is 6.50. The standard InChI is InChI=1S/C11H11N5O2S3/c17-7(13-9-12-3-4-19-9)5-20-11-16-15-10(21-11)14-8(18)6-1-2-6/h3-4,6H,1-2,5H2,(H,12,13,17)(H,14,15,18). The summed E-state index contributed by atoms with van der Waals surface area (Å²) in [5.74, 6) is 0.220. The predicted molar refractivity (Wildman–Crippen MR) is 82.7 cm³/mol. The van der Waals surface area contributed by atoms with Crippen LogP contribution in [0.25, 0.3) is 0 Å². The lowest BCUT2D eigenvalue weighted by atomic mass is 10.4. The summed E-state index contributed by atoms with van der Waals surface area (Å²) < 4.78 is 0.649. The summed E-state index contributed by atoms with van der Waals surface area (Å²) in [6, 6.07) is 0. The van der Waals surface area contributed by atoms with E-state index in [2.05, 4.69) is 25.8 Å². The summed E-state index contributed by atoms with van der Waals surface area (Å²) >= 11 is 3.92. The van der Waals surface area contributed by atoms with E-state index in [4.69, 9.17) is 0 Å². The first-order valence-corrected chi connectivity index (χ1v) is 8.85. The van der Waals surface area contributed by atoms with Crippen LogP contribution in [0.3, 0.4) is 0 Å². The summed E-state index contributed by atoms with van der Waals surface area (Å²) in [7, 11) is 0. The third kappa shape index (κ3) is 4.22. The summed E-state index contributed by atoms with van der Waals surface area (Å²) in [5.41, 5.74) is 0. The van der Waals surface area contributed by atoms with E-state index < -0.39 is 0 Å². The van der Waals surface area contributed by atoms with Gasteiger partial charge in [0.05, 0.1) is 5.75 Å². The van der Waals surface area contributed by atoms with Crippen LogP contribution in [0.2, 0.25) is 0 Å². The molecule has 0 radical (unpaired) electrons. The van der Waals surface area contributed by atoms with E-state index in [-0.39, 0.29) is 23.5 Å². The van der Waals surface area contributed by atoms with Crippen LogP contribution in [0.5, 0.6) is 0 Å². The lowest BCUT2D eigenvalue weighted by Crippen LogP contribution is -2.13. The first kappa shape index (κ1) is 14.4. The van der Waals surface area contributed by atoms with Crippen LogP contribution < -0.4 is 10.6 Å². The lowest BCUT2D eigenvalue weighted by Gasteiger charge is -1.98. The summed E-state index contributed by atoms with van der Waals surface area (Å²) in [6.07, 6.45) is 3.53. The van der Waals surface area contributed by atoms with Crippen molar-refractivity contribution in [1.82, 2.24) is 15.2 Å². The van der Waals surface area contributed by atoms with E-state index in [0.29, 0.717) is 14.6 Å². The number of thiazole rings is 1. The van der Waals surface area contributed by atoms with Crippen LogP contribution in [-0.2, 0) is 9.59 Å². The normalized spacial score (nSPS) is 13.9. The van der Waals surface area contributed by atoms with Crippen molar-refractivity contribution < 1.29 is 9.59 Å². The zero-order valence-electron chi connectivity index (χ0n) is 10.7. The Labute approximate surface area is 132 Å². The number of hydrogen-bond donors (Lipinski definition) is 2. The smallest absolute Gasteiger partial charge is 0.236 e. The van der Waals surface area contributed by atoms with Gasteiger partial charge in [0.15, 0.2) is 9.47 Å². The van der Waals surface area contributed by atoms with Gasteiger partial charge in [0, 0.05) is 17.5 Å². The Hall–Kier alpha value is -1.52. The second-order valence-corrected chi connectivity index (χ2v) is 7.41. The molecular formula is C11H11N5O2S3. The predicted octanol–water partition coefficient (Wildman–Crippen LogP) is 2.07. The van der Waals surface area contributed by atoms with Gasteiger partial charge in [0.1, 0.15) is 0 Å². The van der Waals surface area contributed by atoms with Crippen molar-refractivity contribution >= 4 is 56.5 Å². The molecule has 2 N–H and O–H groups in total. The first-order chi connectivity index (χ1) is 10.2. The van der Waals surface area contributed by atoms with Gasteiger partial charge in [-0.1, -0.05) is 23.1 Å². The molecule has 1 saturated carbocycles. The fourth-order valence-corrected chi connectivity index (χ4v) is 3.54. The molecule has 21 heavy (non-hydrogen) atoms. The molecule has 0 saturated heterocycles. The first-order valence-electron chi connectivity index (χ1n) is 6.17. The Morgan fingerprint density at radius 3 is 2.86 bits per heavy atom. The number of nitrogens with one attached hydrogen (secondary N) is 2. The molecule has 2 heterocycles. The van der Waals surface area contributed by atoms with E-state index >= 15 is 0 Å². The van der Waals surface area contributed by atoms with Crippen LogP contribution in [0, 0.1) is 5.92 Å². The van der Waals surface area contributed by atoms with Crippen molar-refractivity contribution in [3.05, 3.63) is 11.6 Å². The van der Waals surface area contributed by atoms with Crippen molar-refractivity contribution in [3.63, 3.8) is 0 Å². The number of thioether (sulfide) groups is 1. The van der Waals surface area contributed by atoms with Crippen molar-refractivity contribution in [2.75, 3.05) is 16.4 Å². The van der Waals surface area contributed by atoms with Crippen LogP contribution in [0.15, 0.2) is 15.9 Å². The monoisotopic (exact) mass is 341 g/mol. The van der Waals surface area contributed by atoms with Gasteiger partial charge in [-0.25, -0.2) is 4.98 Å². The molecule has 10 heteroatoms. The number of hydrogen-bond acceptors (Lipinski definition) is 8. The molecule has 1 fully saturated rings. The van der Waals surface area contributed by atoms with Gasteiger partial charge in [-0.05, 0) is 12.8 Å². The van der Waals surface area contributed by atoms with E-state index in [1.165, 1.54) is 34.4 Å². The van der Waals surface area contributed by atoms with E-state index in [9.17, 15) is 9.59 Å². The highest BCUT2D eigenvalue weighted by atomic mass is 32.2. The Morgan fingerprint density at radius 1 is 1.29 bits per heavy atom. The van der Waals surface area contributed by atoms with Gasteiger partial charge in [-0.15, -0.1) is 21.5 Å². The Kier molecular flexibility index (Phi) is 4.46. The third-order valence-corrected chi connectivity index (χ3v) is 5.25. The maximum Gasteiger partial charge on any atom is 0.236 e. The van der Waals surface area contributed by atoms with Crippen LogP contribution >= 0.6 is 34.4 Å². The molecule has 1 aliphatic carbocycles. The number of carbonyl (C=O) groups excluding carboxylic acids is 2. The minimum absolute atomic E-state index is 0.00390. The van der Waals surface area contributed by atoms with Gasteiger partial charge < -0.3 is 10.6 Å². The molecule has 0 unspecified atom stereocenters. The van der Waals surface area contributed by atoms with Crippen LogP contribution in [0.4, 0.5) is 10.3 Å². The molecule has 2 amide bonds. The highest BCUT2D eigenvalue weighted by molar-refractivity contribution is 8.01. The van der Waals surface area contributed by atoms with Gasteiger partial charge >= 0.3 is 0 Å². The zero-order valence-corrected chi connectivity index (χ0v) is 13.2. The number of carbonyl (C=O) groups is 2. The maximum absolute atomic E-state index is 11.7. The van der Waals surface area contributed by atoms with Crippen molar-refractivity contribution in [2.45, 2.75) is 17.2 Å². The number of anilines is 2. The highest BCUT2D eigenvalue weighted by Crippen LogP contribution is 2.31. The van der Waals surface area contributed by atoms with Crippen molar-refractivity contribution in [3.8, 4) is 0 Å². The molecule has 0 aromatic carbocycles. The molecular weight excluding hydrogens is 330 g/mol. The van der Waals surface area contributed by atoms with Gasteiger partial charge in [-0.2, -0.15) is 0 Å². The number of aromatic nitrogens is 3. The van der Waals surface area contributed by atoms with Gasteiger partial charge in [0.2, 0.25) is 16.9 Å².